The van der Waals surface area contributed by atoms with Crippen LogP contribution in [-0.2, 0) is 0 Å². The molecule has 21 heavy (non-hydrogen) atoms. The average Bonchev–Trinajstić information content (AvgIpc) is 2.44. The summed E-state index contributed by atoms with van der Waals surface area (Å²) in [6, 6.07) is 11.7. The second-order valence-electron chi connectivity index (χ2n) is 6.10. The van der Waals surface area contributed by atoms with Crippen LogP contribution in [0.4, 0.5) is 4.39 Å². The summed E-state index contributed by atoms with van der Waals surface area (Å²) in [6.45, 7) is 6.53. The largest absolute Gasteiger partial charge is 0.385 e. The van der Waals surface area contributed by atoms with Gasteiger partial charge in [-0.25, -0.2) is 4.39 Å². The van der Waals surface area contributed by atoms with E-state index in [4.69, 9.17) is 0 Å². The number of aliphatic hydroxyl groups is 1. The zero-order valence-corrected chi connectivity index (χ0v) is 12.6. The molecule has 3 nitrogen and oxygen atoms in total. The Hall–Kier alpha value is -1.78. The van der Waals surface area contributed by atoms with Crippen molar-refractivity contribution >= 4 is 0 Å². The maximum Gasteiger partial charge on any atom is 0.123 e. The highest BCUT2D eigenvalue weighted by Crippen LogP contribution is 2.20. The molecule has 0 saturated heterocycles. The zero-order chi connectivity index (χ0) is 15.5. The molecule has 112 valence electrons. The number of aromatic nitrogens is 1. The standard InChI is InChI=1S/C17H21FN2O/c1-17(2,3)19-11-16(21)15-9-5-8-14(20-15)12-6-4-7-13(18)10-12/h4-10,16,19,21H,11H2,1-3H3. The fourth-order valence-electron chi connectivity index (χ4n) is 1.95. The van der Waals surface area contributed by atoms with Crippen LogP contribution in [0.5, 0.6) is 0 Å². The monoisotopic (exact) mass is 288 g/mol. The van der Waals surface area contributed by atoms with E-state index < -0.39 is 6.10 Å². The first-order valence-electron chi connectivity index (χ1n) is 7.01. The van der Waals surface area contributed by atoms with E-state index in [0.717, 1.165) is 0 Å². The molecule has 0 aliphatic carbocycles. The second kappa shape index (κ2) is 6.33. The van der Waals surface area contributed by atoms with Gasteiger partial charge in [0.2, 0.25) is 0 Å². The Labute approximate surface area is 124 Å². The van der Waals surface area contributed by atoms with Gasteiger partial charge >= 0.3 is 0 Å². The van der Waals surface area contributed by atoms with Crippen LogP contribution < -0.4 is 5.32 Å². The molecular weight excluding hydrogens is 267 g/mol. The summed E-state index contributed by atoms with van der Waals surface area (Å²) >= 11 is 0. The van der Waals surface area contributed by atoms with Crippen LogP contribution in [-0.4, -0.2) is 22.2 Å². The number of hydrogen-bond donors (Lipinski definition) is 2. The fourth-order valence-corrected chi connectivity index (χ4v) is 1.95. The van der Waals surface area contributed by atoms with Gasteiger partial charge in [-0.3, -0.25) is 4.98 Å². The van der Waals surface area contributed by atoms with Crippen molar-refractivity contribution < 1.29 is 9.50 Å². The molecule has 1 atom stereocenters. The molecule has 2 N–H and O–H groups in total. The van der Waals surface area contributed by atoms with Crippen LogP contribution in [0.3, 0.4) is 0 Å². The van der Waals surface area contributed by atoms with Gasteiger partial charge in [0.25, 0.3) is 0 Å². The van der Waals surface area contributed by atoms with Gasteiger partial charge in [-0.1, -0.05) is 18.2 Å². The first-order valence-corrected chi connectivity index (χ1v) is 7.01. The minimum atomic E-state index is -0.697. The number of nitrogens with one attached hydrogen (secondary N) is 1. The van der Waals surface area contributed by atoms with Gasteiger partial charge in [0.05, 0.1) is 11.4 Å². The lowest BCUT2D eigenvalue weighted by Gasteiger charge is -2.22. The van der Waals surface area contributed by atoms with Crippen LogP contribution in [0.25, 0.3) is 11.3 Å². The third-order valence-electron chi connectivity index (χ3n) is 3.06. The number of nitrogens with zero attached hydrogens (tertiary/aromatic N) is 1. The molecular formula is C17H21FN2O. The van der Waals surface area contributed by atoms with Crippen molar-refractivity contribution in [2.45, 2.75) is 32.4 Å². The molecule has 0 bridgehead atoms. The Morgan fingerprint density at radius 1 is 1.19 bits per heavy atom. The van der Waals surface area contributed by atoms with Gasteiger partial charge < -0.3 is 10.4 Å². The molecule has 1 heterocycles. The lowest BCUT2D eigenvalue weighted by Crippen LogP contribution is -2.38. The summed E-state index contributed by atoms with van der Waals surface area (Å²) in [6.07, 6.45) is -0.697. The molecule has 0 radical (unpaired) electrons. The van der Waals surface area contributed by atoms with Gasteiger partial charge in [0.1, 0.15) is 11.9 Å². The summed E-state index contributed by atoms with van der Waals surface area (Å²) in [5.74, 6) is -0.297. The number of rotatable bonds is 4. The quantitative estimate of drug-likeness (QED) is 0.907. The SMILES string of the molecule is CC(C)(C)NCC(O)c1cccc(-c2cccc(F)c2)n1. The van der Waals surface area contributed by atoms with E-state index in [9.17, 15) is 9.50 Å². The van der Waals surface area contributed by atoms with E-state index in [0.29, 0.717) is 23.5 Å². The van der Waals surface area contributed by atoms with Crippen LogP contribution in [0.1, 0.15) is 32.6 Å². The highest BCUT2D eigenvalue weighted by molar-refractivity contribution is 5.59. The average molecular weight is 288 g/mol. The number of β-amino-alcohol motifs (C(OH)–C–C–N with tert-alkyl or cyclic N) is 1. The van der Waals surface area contributed by atoms with E-state index in [-0.39, 0.29) is 11.4 Å². The molecule has 0 aliphatic rings. The van der Waals surface area contributed by atoms with Gasteiger partial charge in [-0.05, 0) is 45.0 Å². The summed E-state index contributed by atoms with van der Waals surface area (Å²) in [4.78, 5) is 4.43. The highest BCUT2D eigenvalue weighted by Gasteiger charge is 2.15. The van der Waals surface area contributed by atoms with Crippen molar-refractivity contribution in [1.82, 2.24) is 10.3 Å². The van der Waals surface area contributed by atoms with Crippen LogP contribution in [0, 0.1) is 5.82 Å². The molecule has 0 spiro atoms. The summed E-state index contributed by atoms with van der Waals surface area (Å²) in [5, 5.41) is 13.4. The van der Waals surface area contributed by atoms with Crippen molar-refractivity contribution in [2.24, 2.45) is 0 Å². The number of aliphatic hydroxyl groups excluding tert-OH is 1. The fraction of sp³-hybridized carbons (Fsp3) is 0.353. The minimum absolute atomic E-state index is 0.0683. The lowest BCUT2D eigenvalue weighted by atomic mass is 10.1. The van der Waals surface area contributed by atoms with Gasteiger partial charge in [-0.2, -0.15) is 0 Å². The normalized spacial score (nSPS) is 13.2. The Morgan fingerprint density at radius 3 is 2.57 bits per heavy atom. The van der Waals surface area contributed by atoms with Gasteiger partial charge in [-0.15, -0.1) is 0 Å². The van der Waals surface area contributed by atoms with Crippen molar-refractivity contribution in [3.05, 3.63) is 54.0 Å². The second-order valence-corrected chi connectivity index (χ2v) is 6.10. The molecule has 0 saturated carbocycles. The Bertz CT molecular complexity index is 608. The molecule has 1 aromatic carbocycles. The molecule has 2 rings (SSSR count). The van der Waals surface area contributed by atoms with Crippen LogP contribution >= 0.6 is 0 Å². The van der Waals surface area contributed by atoms with Gasteiger partial charge in [0, 0.05) is 17.6 Å². The topological polar surface area (TPSA) is 45.1 Å². The predicted molar refractivity (Wildman–Crippen MR) is 82.3 cm³/mol. The molecule has 1 unspecified atom stereocenters. The maximum atomic E-state index is 13.3. The number of hydrogen-bond acceptors (Lipinski definition) is 3. The smallest absolute Gasteiger partial charge is 0.123 e. The number of pyridine rings is 1. The zero-order valence-electron chi connectivity index (χ0n) is 12.6. The number of halogens is 1. The van der Waals surface area contributed by atoms with E-state index in [1.807, 2.05) is 32.9 Å². The van der Waals surface area contributed by atoms with Gasteiger partial charge in [0.15, 0.2) is 0 Å². The minimum Gasteiger partial charge on any atom is -0.385 e. The first kappa shape index (κ1) is 15.6. The third kappa shape index (κ3) is 4.62. The summed E-state index contributed by atoms with van der Waals surface area (Å²) < 4.78 is 13.3. The Kier molecular flexibility index (Phi) is 4.70. The number of benzene rings is 1. The van der Waals surface area contributed by atoms with Crippen molar-refractivity contribution in [2.75, 3.05) is 6.54 Å². The van der Waals surface area contributed by atoms with Crippen LogP contribution in [0.2, 0.25) is 0 Å². The van der Waals surface area contributed by atoms with Crippen molar-refractivity contribution in [3.8, 4) is 11.3 Å². The summed E-state index contributed by atoms with van der Waals surface area (Å²) in [5.41, 5.74) is 1.87. The maximum absolute atomic E-state index is 13.3. The molecule has 0 amide bonds. The summed E-state index contributed by atoms with van der Waals surface area (Å²) in [7, 11) is 0. The van der Waals surface area contributed by atoms with E-state index >= 15 is 0 Å². The van der Waals surface area contributed by atoms with Crippen molar-refractivity contribution in [1.29, 1.82) is 0 Å². The Balaban J connectivity index is 2.18. The van der Waals surface area contributed by atoms with E-state index in [1.54, 1.807) is 18.2 Å². The molecule has 1 aromatic heterocycles. The third-order valence-corrected chi connectivity index (χ3v) is 3.06. The van der Waals surface area contributed by atoms with E-state index in [2.05, 4.69) is 10.3 Å². The molecule has 0 aliphatic heterocycles. The molecule has 0 fully saturated rings. The van der Waals surface area contributed by atoms with Crippen molar-refractivity contribution in [3.63, 3.8) is 0 Å². The molecule has 2 aromatic rings. The Morgan fingerprint density at radius 2 is 1.90 bits per heavy atom. The lowest BCUT2D eigenvalue weighted by molar-refractivity contribution is 0.159. The van der Waals surface area contributed by atoms with E-state index in [1.165, 1.54) is 12.1 Å². The highest BCUT2D eigenvalue weighted by atomic mass is 19.1. The molecule has 4 heteroatoms. The first-order chi connectivity index (χ1) is 9.85. The van der Waals surface area contributed by atoms with Crippen LogP contribution in [0.15, 0.2) is 42.5 Å². The predicted octanol–water partition coefficient (Wildman–Crippen LogP) is 3.31.